The van der Waals surface area contributed by atoms with Crippen LogP contribution in [-0.4, -0.2) is 46.6 Å². The topological polar surface area (TPSA) is 127 Å². The molecule has 3 N–H and O–H groups in total. The number of pyridine rings is 1. The Morgan fingerprint density at radius 3 is 2.77 bits per heavy atom. The third kappa shape index (κ3) is 3.89. The standard InChI is InChI=1S/C18H18F2N8O2/c1-9(11-4-3-5-21-7-11)28-17-16(15(27-28)10(2)29)22-8-13(24-17)23-12-6-14(26-25-12)30-18(19)20/h3-10,18,29H,1-2H3,(H2,23,24,25,26). The van der Waals surface area contributed by atoms with Gasteiger partial charge in [0, 0.05) is 18.5 Å². The number of ether oxygens (including phenoxy) is 1. The molecular formula is C18H18F2N8O2. The van der Waals surface area contributed by atoms with Gasteiger partial charge in [-0.05, 0) is 25.5 Å². The smallest absolute Gasteiger partial charge is 0.388 e. The van der Waals surface area contributed by atoms with Crippen molar-refractivity contribution in [1.29, 1.82) is 0 Å². The van der Waals surface area contributed by atoms with Crippen molar-refractivity contribution < 1.29 is 18.6 Å². The van der Waals surface area contributed by atoms with Crippen molar-refractivity contribution >= 4 is 22.8 Å². The number of hydrogen-bond donors (Lipinski definition) is 3. The molecule has 2 atom stereocenters. The van der Waals surface area contributed by atoms with E-state index in [1.807, 2.05) is 19.1 Å². The maximum absolute atomic E-state index is 12.3. The number of hydrogen-bond acceptors (Lipinski definition) is 8. The number of H-pyrrole nitrogens is 1. The Hall–Kier alpha value is -3.67. The fraction of sp³-hybridized carbons (Fsp3) is 0.278. The fourth-order valence-electron chi connectivity index (χ4n) is 2.96. The molecule has 2 unspecified atom stereocenters. The van der Waals surface area contributed by atoms with Crippen molar-refractivity contribution in [3.05, 3.63) is 48.0 Å². The molecule has 156 valence electrons. The summed E-state index contributed by atoms with van der Waals surface area (Å²) >= 11 is 0. The lowest BCUT2D eigenvalue weighted by atomic mass is 10.1. The van der Waals surface area contributed by atoms with E-state index < -0.39 is 12.7 Å². The van der Waals surface area contributed by atoms with Gasteiger partial charge in [-0.25, -0.2) is 19.7 Å². The summed E-state index contributed by atoms with van der Waals surface area (Å²) < 4.78 is 30.5. The number of nitrogens with one attached hydrogen (secondary N) is 2. The number of fused-ring (bicyclic) bond motifs is 1. The third-order valence-electron chi connectivity index (χ3n) is 4.39. The molecule has 4 rings (SSSR count). The normalized spacial score (nSPS) is 13.5. The van der Waals surface area contributed by atoms with E-state index in [1.54, 1.807) is 24.0 Å². The predicted octanol–water partition coefficient (Wildman–Crippen LogP) is 2.95. The van der Waals surface area contributed by atoms with E-state index in [2.05, 4.69) is 40.3 Å². The highest BCUT2D eigenvalue weighted by Gasteiger charge is 2.22. The van der Waals surface area contributed by atoms with Crippen LogP contribution in [0.25, 0.3) is 11.2 Å². The molecule has 0 aliphatic carbocycles. The highest BCUT2D eigenvalue weighted by molar-refractivity contribution is 5.76. The molecular weight excluding hydrogens is 398 g/mol. The van der Waals surface area contributed by atoms with Crippen LogP contribution >= 0.6 is 0 Å². The highest BCUT2D eigenvalue weighted by Crippen LogP contribution is 2.27. The quantitative estimate of drug-likeness (QED) is 0.420. The van der Waals surface area contributed by atoms with Gasteiger partial charge in [-0.3, -0.25) is 4.98 Å². The second-order valence-electron chi connectivity index (χ2n) is 6.52. The first kappa shape index (κ1) is 19.6. The van der Waals surface area contributed by atoms with E-state index >= 15 is 0 Å². The summed E-state index contributed by atoms with van der Waals surface area (Å²) in [7, 11) is 0. The molecule has 0 aromatic carbocycles. The number of aromatic nitrogens is 7. The SMILES string of the molecule is CC(O)c1nn(C(C)c2cccnc2)c2nc(Nc3cc(OC(F)F)[nH]n3)cnc12. The molecule has 0 aliphatic rings. The molecule has 0 aliphatic heterocycles. The van der Waals surface area contributed by atoms with Crippen LogP contribution in [0.4, 0.5) is 20.4 Å². The maximum Gasteiger partial charge on any atom is 0.388 e. The maximum atomic E-state index is 12.3. The average Bonchev–Trinajstić information content (AvgIpc) is 3.31. The van der Waals surface area contributed by atoms with Crippen LogP contribution in [0.1, 0.15) is 37.3 Å². The molecule has 0 amide bonds. The van der Waals surface area contributed by atoms with Crippen molar-refractivity contribution in [3.63, 3.8) is 0 Å². The summed E-state index contributed by atoms with van der Waals surface area (Å²) in [6.45, 7) is 0.568. The minimum Gasteiger partial charge on any atom is -0.417 e. The highest BCUT2D eigenvalue weighted by atomic mass is 19.3. The molecule has 4 aromatic heterocycles. The lowest BCUT2D eigenvalue weighted by Gasteiger charge is -2.13. The number of anilines is 2. The molecule has 0 saturated carbocycles. The lowest BCUT2D eigenvalue weighted by molar-refractivity contribution is -0.0528. The minimum atomic E-state index is -2.96. The van der Waals surface area contributed by atoms with Crippen LogP contribution < -0.4 is 10.1 Å². The van der Waals surface area contributed by atoms with Gasteiger partial charge in [0.2, 0.25) is 5.88 Å². The van der Waals surface area contributed by atoms with Gasteiger partial charge in [0.1, 0.15) is 11.2 Å². The van der Waals surface area contributed by atoms with Crippen LogP contribution in [0.3, 0.4) is 0 Å². The van der Waals surface area contributed by atoms with Crippen LogP contribution in [-0.2, 0) is 0 Å². The van der Waals surface area contributed by atoms with Crippen molar-refractivity contribution in [2.24, 2.45) is 0 Å². The molecule has 0 saturated heterocycles. The lowest BCUT2D eigenvalue weighted by Crippen LogP contribution is -2.10. The number of aliphatic hydroxyl groups excluding tert-OH is 1. The zero-order valence-electron chi connectivity index (χ0n) is 16.0. The summed E-state index contributed by atoms with van der Waals surface area (Å²) in [5.74, 6) is 0.351. The molecule has 10 nitrogen and oxygen atoms in total. The van der Waals surface area contributed by atoms with Crippen LogP contribution in [0.15, 0.2) is 36.8 Å². The molecule has 0 radical (unpaired) electrons. The zero-order valence-corrected chi connectivity index (χ0v) is 16.0. The summed E-state index contributed by atoms with van der Waals surface area (Å²) in [6.07, 6.45) is 4.00. The van der Waals surface area contributed by atoms with Gasteiger partial charge < -0.3 is 15.2 Å². The predicted molar refractivity (Wildman–Crippen MR) is 103 cm³/mol. The average molecular weight is 416 g/mol. The summed E-state index contributed by atoms with van der Waals surface area (Å²) in [5.41, 5.74) is 2.19. The Kier molecular flexibility index (Phi) is 5.23. The number of aromatic amines is 1. The Morgan fingerprint density at radius 1 is 1.23 bits per heavy atom. The van der Waals surface area contributed by atoms with Crippen molar-refractivity contribution in [2.45, 2.75) is 32.6 Å². The fourth-order valence-corrected chi connectivity index (χ4v) is 2.96. The zero-order chi connectivity index (χ0) is 21.3. The van der Waals surface area contributed by atoms with E-state index in [4.69, 9.17) is 0 Å². The van der Waals surface area contributed by atoms with Crippen molar-refractivity contribution in [3.8, 4) is 5.88 Å². The molecule has 0 spiro atoms. The van der Waals surface area contributed by atoms with E-state index in [1.165, 1.54) is 12.3 Å². The second kappa shape index (κ2) is 7.99. The van der Waals surface area contributed by atoms with Crippen LogP contribution in [0, 0.1) is 0 Å². The molecule has 4 aromatic rings. The Labute approximate surface area is 169 Å². The van der Waals surface area contributed by atoms with Crippen molar-refractivity contribution in [2.75, 3.05) is 5.32 Å². The number of alkyl halides is 2. The first-order valence-electron chi connectivity index (χ1n) is 9.02. The van der Waals surface area contributed by atoms with Gasteiger partial charge in [0.05, 0.1) is 18.3 Å². The van der Waals surface area contributed by atoms with Crippen LogP contribution in [0.5, 0.6) is 5.88 Å². The molecule has 0 fully saturated rings. The van der Waals surface area contributed by atoms with Gasteiger partial charge in [-0.15, -0.1) is 0 Å². The Morgan fingerprint density at radius 2 is 2.07 bits per heavy atom. The number of aliphatic hydroxyl groups is 1. The van der Waals surface area contributed by atoms with E-state index in [0.717, 1.165) is 5.56 Å². The van der Waals surface area contributed by atoms with Gasteiger partial charge in [-0.1, -0.05) is 6.07 Å². The summed E-state index contributed by atoms with van der Waals surface area (Å²) in [4.78, 5) is 13.1. The molecule has 4 heterocycles. The monoisotopic (exact) mass is 416 g/mol. The van der Waals surface area contributed by atoms with Gasteiger partial charge in [0.25, 0.3) is 0 Å². The number of halogens is 2. The number of rotatable bonds is 7. The number of nitrogens with zero attached hydrogens (tertiary/aromatic N) is 6. The summed E-state index contributed by atoms with van der Waals surface area (Å²) in [6, 6.07) is 4.78. The second-order valence-corrected chi connectivity index (χ2v) is 6.52. The van der Waals surface area contributed by atoms with Crippen molar-refractivity contribution in [1.82, 2.24) is 34.9 Å². The third-order valence-corrected chi connectivity index (χ3v) is 4.39. The Balaban J connectivity index is 1.71. The minimum absolute atomic E-state index is 0.187. The van der Waals surface area contributed by atoms with E-state index in [0.29, 0.717) is 22.7 Å². The Bertz CT molecular complexity index is 1150. The first-order valence-corrected chi connectivity index (χ1v) is 9.02. The van der Waals surface area contributed by atoms with Gasteiger partial charge in [-0.2, -0.15) is 19.0 Å². The largest absolute Gasteiger partial charge is 0.417 e. The summed E-state index contributed by atoms with van der Waals surface area (Å²) in [5, 5.41) is 23.7. The molecule has 0 bridgehead atoms. The van der Waals surface area contributed by atoms with E-state index in [-0.39, 0.29) is 17.7 Å². The first-order chi connectivity index (χ1) is 14.4. The van der Waals surface area contributed by atoms with Crippen LogP contribution in [0.2, 0.25) is 0 Å². The van der Waals surface area contributed by atoms with Gasteiger partial charge >= 0.3 is 6.61 Å². The molecule has 12 heteroatoms. The van der Waals surface area contributed by atoms with E-state index in [9.17, 15) is 13.9 Å². The molecule has 30 heavy (non-hydrogen) atoms. The van der Waals surface area contributed by atoms with Gasteiger partial charge in [0.15, 0.2) is 17.3 Å².